The molecular formula is C20H18N4O2. The number of anilines is 1. The van der Waals surface area contributed by atoms with Gasteiger partial charge in [0.15, 0.2) is 5.82 Å². The molecule has 1 heterocycles. The van der Waals surface area contributed by atoms with Crippen molar-refractivity contribution in [2.45, 2.75) is 26.2 Å². The summed E-state index contributed by atoms with van der Waals surface area (Å²) in [5, 5.41) is 15.6. The molecular weight excluding hydrogens is 328 g/mol. The van der Waals surface area contributed by atoms with E-state index in [1.54, 1.807) is 30.3 Å². The van der Waals surface area contributed by atoms with Gasteiger partial charge in [0.1, 0.15) is 0 Å². The van der Waals surface area contributed by atoms with Gasteiger partial charge in [0, 0.05) is 22.7 Å². The zero-order valence-corrected chi connectivity index (χ0v) is 14.6. The molecule has 6 nitrogen and oxygen atoms in total. The highest BCUT2D eigenvalue weighted by Gasteiger charge is 2.12. The zero-order valence-electron chi connectivity index (χ0n) is 14.6. The fourth-order valence-corrected chi connectivity index (χ4v) is 2.40. The van der Waals surface area contributed by atoms with Crippen LogP contribution in [-0.4, -0.2) is 16.0 Å². The number of nitriles is 1. The van der Waals surface area contributed by atoms with Crippen LogP contribution in [0.3, 0.4) is 0 Å². The number of benzene rings is 2. The van der Waals surface area contributed by atoms with Crippen LogP contribution in [-0.2, 0) is 6.42 Å². The summed E-state index contributed by atoms with van der Waals surface area (Å²) in [7, 11) is 0. The molecule has 0 atom stereocenters. The second kappa shape index (κ2) is 7.62. The number of carbonyl (C=O) groups excluding carboxylic acids is 1. The van der Waals surface area contributed by atoms with Crippen LogP contribution in [0.25, 0.3) is 11.5 Å². The molecule has 0 spiro atoms. The maximum absolute atomic E-state index is 12.4. The van der Waals surface area contributed by atoms with Crippen molar-refractivity contribution in [1.29, 1.82) is 5.26 Å². The molecule has 0 bridgehead atoms. The van der Waals surface area contributed by atoms with Crippen molar-refractivity contribution < 1.29 is 9.32 Å². The van der Waals surface area contributed by atoms with Crippen LogP contribution in [0.1, 0.15) is 41.5 Å². The number of amides is 1. The van der Waals surface area contributed by atoms with Gasteiger partial charge in [-0.2, -0.15) is 10.2 Å². The van der Waals surface area contributed by atoms with Crippen LogP contribution < -0.4 is 5.32 Å². The van der Waals surface area contributed by atoms with Gasteiger partial charge in [-0.05, 0) is 42.0 Å². The monoisotopic (exact) mass is 346 g/mol. The quantitative estimate of drug-likeness (QED) is 0.748. The molecule has 2 aromatic carbocycles. The molecule has 0 aliphatic rings. The molecule has 3 aromatic rings. The first-order chi connectivity index (χ1) is 12.6. The van der Waals surface area contributed by atoms with Crippen LogP contribution >= 0.6 is 0 Å². The Morgan fingerprint density at radius 2 is 2.00 bits per heavy atom. The molecule has 0 aliphatic carbocycles. The topological polar surface area (TPSA) is 91.8 Å². The van der Waals surface area contributed by atoms with E-state index >= 15 is 0 Å². The first-order valence-corrected chi connectivity index (χ1v) is 8.28. The molecule has 0 saturated heterocycles. The highest BCUT2D eigenvalue weighted by Crippen LogP contribution is 2.22. The average molecular weight is 346 g/mol. The number of aromatic nitrogens is 2. The first kappa shape index (κ1) is 17.4. The smallest absolute Gasteiger partial charge is 0.257 e. The Hall–Kier alpha value is -3.46. The van der Waals surface area contributed by atoms with Crippen LogP contribution in [0.15, 0.2) is 53.1 Å². The Morgan fingerprint density at radius 3 is 2.65 bits per heavy atom. The number of rotatable bonds is 5. The summed E-state index contributed by atoms with van der Waals surface area (Å²) in [5.41, 5.74) is 2.78. The summed E-state index contributed by atoms with van der Waals surface area (Å²) < 4.78 is 5.26. The second-order valence-electron chi connectivity index (χ2n) is 6.18. The lowest BCUT2D eigenvalue weighted by Gasteiger charge is -2.06. The van der Waals surface area contributed by atoms with E-state index in [-0.39, 0.29) is 18.2 Å². The standard InChI is InChI=1S/C20H18N4O2/c1-13(2)18-23-20(26-24-18)15-6-8-17(9-7-15)22-19(25)16-5-3-4-14(12-16)10-11-21/h3-9,12-13H,10H2,1-2H3,(H,22,25). The molecule has 0 saturated carbocycles. The van der Waals surface area contributed by atoms with Gasteiger partial charge in [0.25, 0.3) is 11.8 Å². The number of nitrogens with zero attached hydrogens (tertiary/aromatic N) is 3. The van der Waals surface area contributed by atoms with Crippen molar-refractivity contribution in [2.24, 2.45) is 0 Å². The highest BCUT2D eigenvalue weighted by atomic mass is 16.5. The van der Waals surface area contributed by atoms with E-state index in [1.165, 1.54) is 0 Å². The van der Waals surface area contributed by atoms with Gasteiger partial charge >= 0.3 is 0 Å². The van der Waals surface area contributed by atoms with Crippen molar-refractivity contribution >= 4 is 11.6 Å². The molecule has 3 rings (SSSR count). The molecule has 130 valence electrons. The van der Waals surface area contributed by atoms with E-state index in [4.69, 9.17) is 9.78 Å². The van der Waals surface area contributed by atoms with Crippen LogP contribution in [0.2, 0.25) is 0 Å². The highest BCUT2D eigenvalue weighted by molar-refractivity contribution is 6.04. The van der Waals surface area contributed by atoms with Gasteiger partial charge in [-0.3, -0.25) is 4.79 Å². The molecule has 0 unspecified atom stereocenters. The Bertz CT molecular complexity index is 952. The molecule has 1 aromatic heterocycles. The number of hydrogen-bond acceptors (Lipinski definition) is 5. The third-order valence-electron chi connectivity index (χ3n) is 3.82. The predicted octanol–water partition coefficient (Wildman–Crippen LogP) is 4.18. The van der Waals surface area contributed by atoms with Crippen molar-refractivity contribution in [1.82, 2.24) is 10.1 Å². The molecule has 1 amide bonds. The van der Waals surface area contributed by atoms with Crippen LogP contribution in [0, 0.1) is 11.3 Å². The summed E-state index contributed by atoms with van der Waals surface area (Å²) in [6.07, 6.45) is 0.276. The fraction of sp³-hybridized carbons (Fsp3) is 0.200. The maximum atomic E-state index is 12.4. The zero-order chi connectivity index (χ0) is 18.5. The maximum Gasteiger partial charge on any atom is 0.257 e. The molecule has 6 heteroatoms. The van der Waals surface area contributed by atoms with Crippen molar-refractivity contribution in [2.75, 3.05) is 5.32 Å². The summed E-state index contributed by atoms with van der Waals surface area (Å²) in [6, 6.07) is 16.3. The van der Waals surface area contributed by atoms with E-state index in [0.717, 1.165) is 11.1 Å². The molecule has 26 heavy (non-hydrogen) atoms. The SMILES string of the molecule is CC(C)c1noc(-c2ccc(NC(=O)c3cccc(CC#N)c3)cc2)n1. The van der Waals surface area contributed by atoms with Crippen molar-refractivity contribution in [3.05, 3.63) is 65.5 Å². The Morgan fingerprint density at radius 1 is 1.23 bits per heavy atom. The van der Waals surface area contributed by atoms with Gasteiger partial charge in [0.05, 0.1) is 12.5 Å². The van der Waals surface area contributed by atoms with E-state index < -0.39 is 0 Å². The van der Waals surface area contributed by atoms with Gasteiger partial charge in [-0.1, -0.05) is 31.1 Å². The van der Waals surface area contributed by atoms with E-state index in [1.807, 2.05) is 32.0 Å². The molecule has 0 radical (unpaired) electrons. The van der Waals surface area contributed by atoms with Gasteiger partial charge in [-0.25, -0.2) is 0 Å². The Kier molecular flexibility index (Phi) is 5.09. The minimum absolute atomic E-state index is 0.197. The summed E-state index contributed by atoms with van der Waals surface area (Å²) in [4.78, 5) is 16.7. The van der Waals surface area contributed by atoms with E-state index in [2.05, 4.69) is 21.5 Å². The fourth-order valence-electron chi connectivity index (χ4n) is 2.40. The van der Waals surface area contributed by atoms with E-state index in [0.29, 0.717) is 23.0 Å². The summed E-state index contributed by atoms with van der Waals surface area (Å²) in [5.74, 6) is 1.09. The molecule has 1 N–H and O–H groups in total. The summed E-state index contributed by atoms with van der Waals surface area (Å²) in [6.45, 7) is 4.00. The van der Waals surface area contributed by atoms with Gasteiger partial charge in [-0.15, -0.1) is 0 Å². The minimum atomic E-state index is -0.225. The molecule has 0 fully saturated rings. The first-order valence-electron chi connectivity index (χ1n) is 8.28. The third-order valence-corrected chi connectivity index (χ3v) is 3.82. The van der Waals surface area contributed by atoms with E-state index in [9.17, 15) is 4.79 Å². The average Bonchev–Trinajstić information content (AvgIpc) is 3.13. The van der Waals surface area contributed by atoms with Gasteiger partial charge in [0.2, 0.25) is 0 Å². The lowest BCUT2D eigenvalue weighted by atomic mass is 10.1. The third kappa shape index (κ3) is 3.95. The van der Waals surface area contributed by atoms with Crippen LogP contribution in [0.5, 0.6) is 0 Å². The minimum Gasteiger partial charge on any atom is -0.334 e. The number of carbonyl (C=O) groups is 1. The number of hydrogen-bond donors (Lipinski definition) is 1. The molecule has 0 aliphatic heterocycles. The largest absolute Gasteiger partial charge is 0.334 e. The Labute approximate surface area is 151 Å². The van der Waals surface area contributed by atoms with Crippen LogP contribution in [0.4, 0.5) is 5.69 Å². The Balaban J connectivity index is 1.71. The number of nitrogens with one attached hydrogen (secondary N) is 1. The summed E-state index contributed by atoms with van der Waals surface area (Å²) >= 11 is 0. The van der Waals surface area contributed by atoms with Crippen molar-refractivity contribution in [3.8, 4) is 17.5 Å². The predicted molar refractivity (Wildman–Crippen MR) is 97.5 cm³/mol. The lowest BCUT2D eigenvalue weighted by molar-refractivity contribution is 0.102. The normalized spacial score (nSPS) is 10.5. The lowest BCUT2D eigenvalue weighted by Crippen LogP contribution is -2.12. The van der Waals surface area contributed by atoms with Crippen molar-refractivity contribution in [3.63, 3.8) is 0 Å². The second-order valence-corrected chi connectivity index (χ2v) is 6.18. The van der Waals surface area contributed by atoms with Gasteiger partial charge < -0.3 is 9.84 Å².